The number of ether oxygens (including phenoxy) is 2. The summed E-state index contributed by atoms with van der Waals surface area (Å²) in [5, 5.41) is 12.8. The molecule has 0 aliphatic carbocycles. The molecule has 0 bridgehead atoms. The minimum atomic E-state index is -5.20. The average molecular weight is 557 g/mol. The van der Waals surface area contributed by atoms with Gasteiger partial charge in [-0.3, -0.25) is 18.1 Å². The third kappa shape index (κ3) is 9.99. The van der Waals surface area contributed by atoms with Crippen molar-refractivity contribution in [2.45, 2.75) is 71.7 Å². The van der Waals surface area contributed by atoms with E-state index >= 15 is 0 Å². The van der Waals surface area contributed by atoms with E-state index in [-0.39, 0.29) is 18.8 Å². The Morgan fingerprint density at radius 2 is 1.42 bits per heavy atom. The molecule has 0 saturated carbocycles. The van der Waals surface area contributed by atoms with Crippen LogP contribution < -0.4 is 5.09 Å². The van der Waals surface area contributed by atoms with Gasteiger partial charge in [-0.2, -0.15) is 0 Å². The fraction of sp³-hybridized carbons (Fsp3) is 0.619. The van der Waals surface area contributed by atoms with Gasteiger partial charge >= 0.3 is 27.3 Å². The van der Waals surface area contributed by atoms with Crippen LogP contribution in [0.2, 0.25) is 0 Å². The van der Waals surface area contributed by atoms with Crippen LogP contribution in [0, 0.1) is 5.82 Å². The van der Waals surface area contributed by atoms with Gasteiger partial charge < -0.3 is 19.5 Å². The number of hydrogen-bond donors (Lipinski definition) is 3. The summed E-state index contributed by atoms with van der Waals surface area (Å²) in [4.78, 5) is 35.8. The molecule has 0 aliphatic heterocycles. The second-order valence-corrected chi connectivity index (χ2v) is 11.5. The molecule has 0 amide bonds. The Balaban J connectivity index is 3.50. The molecule has 0 heterocycles. The fourth-order valence-electron chi connectivity index (χ4n) is 2.76. The highest BCUT2D eigenvalue weighted by Gasteiger charge is 2.47. The van der Waals surface area contributed by atoms with Crippen LogP contribution in [-0.2, 0) is 41.8 Å². The fourth-order valence-corrected chi connectivity index (χ4v) is 6.32. The summed E-state index contributed by atoms with van der Waals surface area (Å²) >= 11 is 0. The van der Waals surface area contributed by atoms with Crippen LogP contribution in [-0.4, -0.2) is 59.6 Å². The van der Waals surface area contributed by atoms with E-state index in [2.05, 4.69) is 5.09 Å². The first-order valence-electron chi connectivity index (χ1n) is 11.2. The normalized spacial score (nSPS) is 16.3. The van der Waals surface area contributed by atoms with Crippen molar-refractivity contribution >= 4 is 27.3 Å². The molecule has 0 radical (unpaired) electrons. The van der Waals surface area contributed by atoms with Crippen LogP contribution >= 0.6 is 15.3 Å². The molecule has 1 unspecified atom stereocenters. The lowest BCUT2D eigenvalue weighted by molar-refractivity contribution is -0.175. The minimum Gasteiger partial charge on any atom is -0.461 e. The molecule has 12 nitrogen and oxygen atoms in total. The van der Waals surface area contributed by atoms with Crippen LogP contribution in [0.25, 0.3) is 0 Å². The van der Waals surface area contributed by atoms with Crippen LogP contribution in [0.1, 0.15) is 52.9 Å². The van der Waals surface area contributed by atoms with Gasteiger partial charge in [0.15, 0.2) is 6.10 Å². The predicted molar refractivity (Wildman–Crippen MR) is 126 cm³/mol. The van der Waals surface area contributed by atoms with Crippen molar-refractivity contribution in [3.63, 3.8) is 0 Å². The first-order chi connectivity index (χ1) is 16.7. The van der Waals surface area contributed by atoms with Gasteiger partial charge in [-0.15, -0.1) is 0 Å². The molecule has 1 rings (SSSR count). The Kier molecular flexibility index (Phi) is 12.8. The zero-order valence-electron chi connectivity index (χ0n) is 21.0. The molecule has 206 valence electrons. The summed E-state index contributed by atoms with van der Waals surface area (Å²) in [7, 11) is -9.43. The van der Waals surface area contributed by atoms with E-state index in [9.17, 15) is 33.1 Å². The molecule has 3 N–H and O–H groups in total. The first kappa shape index (κ1) is 32.3. The van der Waals surface area contributed by atoms with Crippen molar-refractivity contribution in [3.8, 4) is 0 Å². The SMILES string of the molecule is CCOP(=O)(N[C@H](c1ccc(F)cc1)P(=O)(O)O[C@@H](C(=O)OC(C)C)[C@@H](O)C(=O)OC(C)C)OCC. The summed E-state index contributed by atoms with van der Waals surface area (Å²) in [5.41, 5.74) is -0.0999. The second kappa shape index (κ2) is 14.3. The third-order valence-electron chi connectivity index (χ3n) is 4.12. The molecule has 15 heteroatoms. The molecular weight excluding hydrogens is 523 g/mol. The number of aliphatic hydroxyl groups is 1. The van der Waals surface area contributed by atoms with Crippen LogP contribution in [0.4, 0.5) is 4.39 Å². The first-order valence-corrected chi connectivity index (χ1v) is 14.4. The molecule has 0 saturated heterocycles. The number of rotatable bonds is 15. The van der Waals surface area contributed by atoms with Crippen molar-refractivity contribution in [1.29, 1.82) is 0 Å². The predicted octanol–water partition coefficient (Wildman–Crippen LogP) is 3.43. The Bertz CT molecular complexity index is 948. The van der Waals surface area contributed by atoms with Crippen molar-refractivity contribution in [1.82, 2.24) is 5.09 Å². The number of carbonyl (C=O) groups excluding carboxylic acids is 2. The van der Waals surface area contributed by atoms with Gasteiger partial charge in [0.25, 0.3) is 0 Å². The van der Waals surface area contributed by atoms with Gasteiger partial charge in [0.1, 0.15) is 11.6 Å². The summed E-state index contributed by atoms with van der Waals surface area (Å²) in [6.45, 7) is 8.69. The van der Waals surface area contributed by atoms with Gasteiger partial charge in [0, 0.05) is 0 Å². The molecule has 4 atom stereocenters. The second-order valence-electron chi connectivity index (χ2n) is 7.92. The highest BCUT2D eigenvalue weighted by atomic mass is 31.2. The lowest BCUT2D eigenvalue weighted by atomic mass is 10.2. The van der Waals surface area contributed by atoms with Gasteiger partial charge in [-0.25, -0.2) is 23.6 Å². The Labute approximate surface area is 209 Å². The zero-order valence-corrected chi connectivity index (χ0v) is 22.7. The van der Waals surface area contributed by atoms with Crippen LogP contribution in [0.5, 0.6) is 0 Å². The third-order valence-corrected chi connectivity index (χ3v) is 7.70. The standard InChI is InChI=1S/C21H34FNO11P2/c1-7-30-36(29,31-8-2)23-19(15-9-11-16(22)12-10-15)35(27,28)34-18(21(26)33-14(5)6)17(24)20(25)32-13(3)4/h9-14,17-19,24H,7-8H2,1-6H3,(H,23,29)(H,27,28)/t17-,18-,19+/m1/s1. The number of hydrogen-bond acceptors (Lipinski definition) is 10. The summed E-state index contributed by atoms with van der Waals surface area (Å²) in [6.07, 6.45) is -6.08. The van der Waals surface area contributed by atoms with E-state index in [1.807, 2.05) is 0 Å². The zero-order chi connectivity index (χ0) is 27.7. The maximum Gasteiger partial charge on any atom is 0.406 e. The molecule has 0 fully saturated rings. The molecule has 0 aliphatic rings. The highest BCUT2D eigenvalue weighted by molar-refractivity contribution is 7.56. The van der Waals surface area contributed by atoms with Crippen molar-refractivity contribution in [3.05, 3.63) is 35.6 Å². The number of benzene rings is 1. The average Bonchev–Trinajstić information content (AvgIpc) is 2.75. The molecule has 36 heavy (non-hydrogen) atoms. The van der Waals surface area contributed by atoms with Gasteiger partial charge in [0.05, 0.1) is 25.4 Å². The topological polar surface area (TPSA) is 167 Å². The minimum absolute atomic E-state index is 0.0999. The molecule has 0 spiro atoms. The highest BCUT2D eigenvalue weighted by Crippen LogP contribution is 2.61. The molecule has 0 aromatic heterocycles. The van der Waals surface area contributed by atoms with E-state index in [4.69, 9.17) is 23.0 Å². The quantitative estimate of drug-likeness (QED) is 0.213. The van der Waals surface area contributed by atoms with E-state index in [0.717, 1.165) is 24.3 Å². The lowest BCUT2D eigenvalue weighted by Gasteiger charge is -2.30. The molecule has 1 aromatic rings. The van der Waals surface area contributed by atoms with Crippen molar-refractivity contribution in [2.75, 3.05) is 13.2 Å². The number of carbonyl (C=O) groups is 2. The van der Waals surface area contributed by atoms with Crippen LogP contribution in [0.15, 0.2) is 24.3 Å². The van der Waals surface area contributed by atoms with E-state index in [1.54, 1.807) is 0 Å². The van der Waals surface area contributed by atoms with Gasteiger partial charge in [0.2, 0.25) is 6.10 Å². The largest absolute Gasteiger partial charge is 0.461 e. The number of esters is 2. The van der Waals surface area contributed by atoms with E-state index in [1.165, 1.54) is 41.5 Å². The Hall–Kier alpha value is -1.69. The number of aliphatic hydroxyl groups excluding tert-OH is 1. The van der Waals surface area contributed by atoms with Gasteiger partial charge in [-0.1, -0.05) is 12.1 Å². The van der Waals surface area contributed by atoms with E-state index in [0.29, 0.717) is 0 Å². The van der Waals surface area contributed by atoms with Gasteiger partial charge in [-0.05, 0) is 59.2 Å². The Morgan fingerprint density at radius 3 is 1.86 bits per heavy atom. The van der Waals surface area contributed by atoms with Crippen LogP contribution in [0.3, 0.4) is 0 Å². The Morgan fingerprint density at radius 1 is 0.944 bits per heavy atom. The van der Waals surface area contributed by atoms with Crippen molar-refractivity contribution < 1.29 is 56.2 Å². The monoisotopic (exact) mass is 557 g/mol. The number of halogens is 1. The smallest absolute Gasteiger partial charge is 0.406 e. The van der Waals surface area contributed by atoms with Crippen molar-refractivity contribution in [2.24, 2.45) is 0 Å². The molecule has 1 aromatic carbocycles. The summed E-state index contributed by atoms with van der Waals surface area (Å²) < 4.78 is 65.3. The molecular formula is C21H34FNO11P2. The summed E-state index contributed by atoms with van der Waals surface area (Å²) in [5.74, 6) is -5.22. The van der Waals surface area contributed by atoms with E-state index < -0.39 is 63.3 Å². The maximum atomic E-state index is 13.5. The number of nitrogens with one attached hydrogen (secondary N) is 1. The maximum absolute atomic E-state index is 13.5. The summed E-state index contributed by atoms with van der Waals surface area (Å²) in [6, 6.07) is 4.14. The lowest BCUT2D eigenvalue weighted by Crippen LogP contribution is -2.44.